The van der Waals surface area contributed by atoms with Gasteiger partial charge in [-0.25, -0.2) is 22.2 Å². The van der Waals surface area contributed by atoms with Gasteiger partial charge in [0, 0.05) is 23.4 Å². The second-order valence-electron chi connectivity index (χ2n) is 8.21. The summed E-state index contributed by atoms with van der Waals surface area (Å²) in [6.07, 6.45) is 1.61. The third-order valence-corrected chi connectivity index (χ3v) is 8.79. The highest BCUT2D eigenvalue weighted by molar-refractivity contribution is 7.91. The van der Waals surface area contributed by atoms with Gasteiger partial charge in [0.05, 0.1) is 52.4 Å². The first kappa shape index (κ1) is 27.1. The zero-order valence-corrected chi connectivity index (χ0v) is 22.6. The number of hydrogen-bond donors (Lipinski definition) is 1. The molecular weight excluding hydrogens is 534 g/mol. The van der Waals surface area contributed by atoms with Crippen molar-refractivity contribution >= 4 is 37.8 Å². The summed E-state index contributed by atoms with van der Waals surface area (Å²) < 4.78 is 58.1. The number of rotatable bonds is 10. The highest BCUT2D eigenvalue weighted by atomic mass is 32.2. The summed E-state index contributed by atoms with van der Waals surface area (Å²) in [5.41, 5.74) is 2.50. The average molecular weight is 560 g/mol. The lowest BCUT2D eigenvalue weighted by atomic mass is 10.1. The molecule has 4 rings (SSSR count). The van der Waals surface area contributed by atoms with Crippen molar-refractivity contribution < 1.29 is 36.7 Å². The standard InChI is InChI=1S/C25H25N3O8S2/c1-15-12-26-21(16(2)24(15)35-4)14-37(31)25-27-20-10-7-18(34-3)11-22(20)28(25)38(32,33)19-8-5-17(6-9-19)36-13-23(29)30/h5-12H,13-14H2,1-4H3,(H,29,30)/t37-/m0/s1. The molecule has 1 N–H and O–H groups in total. The SMILES string of the molecule is COc1ccc2nc([S@@](=O)Cc3ncc(C)c(OC)c3C)n(S(=O)(=O)c3ccc(OCC(=O)O)cc3)c2c1. The minimum atomic E-state index is -4.30. The van der Waals surface area contributed by atoms with Gasteiger partial charge in [0.1, 0.15) is 17.2 Å². The molecule has 0 saturated carbocycles. The van der Waals surface area contributed by atoms with Crippen molar-refractivity contribution in [3.8, 4) is 17.2 Å². The Morgan fingerprint density at radius 1 is 1.05 bits per heavy atom. The van der Waals surface area contributed by atoms with E-state index in [-0.39, 0.29) is 27.1 Å². The van der Waals surface area contributed by atoms with E-state index in [1.165, 1.54) is 44.6 Å². The number of aryl methyl sites for hydroxylation is 1. The fraction of sp³-hybridized carbons (Fsp3) is 0.240. The number of methoxy groups -OCH3 is 2. The molecule has 0 fully saturated rings. The summed E-state index contributed by atoms with van der Waals surface area (Å²) >= 11 is 0. The summed E-state index contributed by atoms with van der Waals surface area (Å²) in [4.78, 5) is 19.4. The molecule has 4 aromatic rings. The molecule has 0 aliphatic heterocycles. The Kier molecular flexibility index (Phi) is 7.69. The van der Waals surface area contributed by atoms with Crippen molar-refractivity contribution in [1.29, 1.82) is 0 Å². The molecule has 38 heavy (non-hydrogen) atoms. The quantitative estimate of drug-likeness (QED) is 0.307. The maximum absolute atomic E-state index is 13.9. The van der Waals surface area contributed by atoms with Crippen molar-refractivity contribution in [1.82, 2.24) is 13.9 Å². The van der Waals surface area contributed by atoms with Crippen LogP contribution in [0.5, 0.6) is 17.2 Å². The van der Waals surface area contributed by atoms with Gasteiger partial charge < -0.3 is 19.3 Å². The first-order valence-electron chi connectivity index (χ1n) is 11.2. The summed E-state index contributed by atoms with van der Waals surface area (Å²) in [7, 11) is -3.24. The van der Waals surface area contributed by atoms with Crippen LogP contribution in [0, 0.1) is 13.8 Å². The molecule has 2 heterocycles. The van der Waals surface area contributed by atoms with E-state index in [4.69, 9.17) is 19.3 Å². The lowest BCUT2D eigenvalue weighted by Crippen LogP contribution is -2.18. The molecule has 0 saturated heterocycles. The average Bonchev–Trinajstić information content (AvgIpc) is 3.29. The van der Waals surface area contributed by atoms with Crippen LogP contribution in [-0.4, -0.2) is 58.5 Å². The number of carboxylic acids is 1. The van der Waals surface area contributed by atoms with E-state index in [1.807, 2.05) is 6.92 Å². The summed E-state index contributed by atoms with van der Waals surface area (Å²) in [5.74, 6) is -0.0707. The molecule has 0 spiro atoms. The Balaban J connectivity index is 1.82. The maximum atomic E-state index is 13.9. The summed E-state index contributed by atoms with van der Waals surface area (Å²) in [5, 5.41) is 8.61. The normalized spacial score (nSPS) is 12.3. The first-order chi connectivity index (χ1) is 18.1. The Hall–Kier alpha value is -3.97. The van der Waals surface area contributed by atoms with Gasteiger partial charge in [0.25, 0.3) is 10.0 Å². The van der Waals surface area contributed by atoms with Crippen LogP contribution in [0.2, 0.25) is 0 Å². The van der Waals surface area contributed by atoms with Crippen molar-refractivity contribution in [2.45, 2.75) is 29.7 Å². The Morgan fingerprint density at radius 2 is 1.74 bits per heavy atom. The smallest absolute Gasteiger partial charge is 0.341 e. The highest BCUT2D eigenvalue weighted by Gasteiger charge is 2.28. The topological polar surface area (TPSA) is 147 Å². The van der Waals surface area contributed by atoms with Gasteiger partial charge in [0.15, 0.2) is 6.61 Å². The number of carbonyl (C=O) groups is 1. The number of ether oxygens (including phenoxy) is 3. The van der Waals surface area contributed by atoms with Gasteiger partial charge in [-0.1, -0.05) is 0 Å². The predicted molar refractivity (Wildman–Crippen MR) is 139 cm³/mol. The van der Waals surface area contributed by atoms with E-state index < -0.39 is 33.4 Å². The molecule has 0 amide bonds. The number of aliphatic carboxylic acids is 1. The van der Waals surface area contributed by atoms with Gasteiger partial charge in [0.2, 0.25) is 5.16 Å². The number of carboxylic acid groups (broad SMARTS) is 1. The molecule has 1 atom stereocenters. The number of fused-ring (bicyclic) bond motifs is 1. The summed E-state index contributed by atoms with van der Waals surface area (Å²) in [6.45, 7) is 3.07. The fourth-order valence-electron chi connectivity index (χ4n) is 3.88. The third kappa shape index (κ3) is 5.20. The monoisotopic (exact) mass is 559 g/mol. The van der Waals surface area contributed by atoms with Crippen molar-refractivity contribution in [3.63, 3.8) is 0 Å². The fourth-order valence-corrected chi connectivity index (χ4v) is 6.92. The number of imidazole rings is 1. The van der Waals surface area contributed by atoms with Gasteiger partial charge >= 0.3 is 5.97 Å². The van der Waals surface area contributed by atoms with Crippen LogP contribution in [0.25, 0.3) is 11.0 Å². The molecule has 0 unspecified atom stereocenters. The van der Waals surface area contributed by atoms with E-state index in [0.717, 1.165) is 9.54 Å². The van der Waals surface area contributed by atoms with Crippen LogP contribution in [-0.2, 0) is 31.4 Å². The minimum absolute atomic E-state index is 0.0968. The van der Waals surface area contributed by atoms with Crippen LogP contribution in [0.3, 0.4) is 0 Å². The zero-order valence-electron chi connectivity index (χ0n) is 21.0. The lowest BCUT2D eigenvalue weighted by Gasteiger charge is -2.13. The Bertz CT molecular complexity index is 1650. The number of aromatic nitrogens is 3. The van der Waals surface area contributed by atoms with Gasteiger partial charge in [-0.2, -0.15) is 0 Å². The van der Waals surface area contributed by atoms with E-state index in [2.05, 4.69) is 9.97 Å². The van der Waals surface area contributed by atoms with Crippen molar-refractivity contribution in [3.05, 3.63) is 65.5 Å². The van der Waals surface area contributed by atoms with Crippen molar-refractivity contribution in [2.24, 2.45) is 0 Å². The van der Waals surface area contributed by atoms with E-state index >= 15 is 0 Å². The highest BCUT2D eigenvalue weighted by Crippen LogP contribution is 2.31. The molecule has 11 nitrogen and oxygen atoms in total. The molecule has 0 radical (unpaired) electrons. The van der Waals surface area contributed by atoms with Crippen LogP contribution >= 0.6 is 0 Å². The van der Waals surface area contributed by atoms with E-state index in [1.54, 1.807) is 25.3 Å². The molecule has 2 aromatic heterocycles. The largest absolute Gasteiger partial charge is 0.497 e. The molecule has 0 aliphatic carbocycles. The predicted octanol–water partition coefficient (Wildman–Crippen LogP) is 3.07. The molecule has 200 valence electrons. The van der Waals surface area contributed by atoms with Crippen LogP contribution in [0.4, 0.5) is 0 Å². The summed E-state index contributed by atoms with van der Waals surface area (Å²) in [6, 6.07) is 9.97. The molecular formula is C25H25N3O8S2. The molecule has 13 heteroatoms. The number of hydrogen-bond acceptors (Lipinski definition) is 9. The van der Waals surface area contributed by atoms with Gasteiger partial charge in [-0.15, -0.1) is 0 Å². The van der Waals surface area contributed by atoms with Crippen molar-refractivity contribution in [2.75, 3.05) is 20.8 Å². The number of nitrogens with zero attached hydrogens (tertiary/aromatic N) is 3. The second-order valence-corrected chi connectivity index (χ2v) is 11.3. The molecule has 0 bridgehead atoms. The Labute approximate surface area is 221 Å². The third-order valence-electron chi connectivity index (χ3n) is 5.74. The Morgan fingerprint density at radius 3 is 2.37 bits per heavy atom. The number of pyridine rings is 1. The first-order valence-corrected chi connectivity index (χ1v) is 14.0. The van der Waals surface area contributed by atoms with Crippen LogP contribution in [0.15, 0.2) is 58.7 Å². The maximum Gasteiger partial charge on any atom is 0.341 e. The van der Waals surface area contributed by atoms with Crippen LogP contribution in [0.1, 0.15) is 16.8 Å². The number of benzene rings is 2. The lowest BCUT2D eigenvalue weighted by molar-refractivity contribution is -0.139. The van der Waals surface area contributed by atoms with Gasteiger partial charge in [-0.05, 0) is 50.2 Å². The minimum Gasteiger partial charge on any atom is -0.497 e. The van der Waals surface area contributed by atoms with Crippen LogP contribution < -0.4 is 14.2 Å². The molecule has 2 aromatic carbocycles. The van der Waals surface area contributed by atoms with E-state index in [0.29, 0.717) is 28.3 Å². The van der Waals surface area contributed by atoms with E-state index in [9.17, 15) is 17.4 Å². The zero-order chi connectivity index (χ0) is 27.6. The van der Waals surface area contributed by atoms with Gasteiger partial charge in [-0.3, -0.25) is 9.19 Å². The molecule has 0 aliphatic rings. The second kappa shape index (κ2) is 10.8.